The largest absolute Gasteiger partial charge is 0.420 e. The number of hydrogen-bond acceptors (Lipinski definition) is 6. The summed E-state index contributed by atoms with van der Waals surface area (Å²) in [4.78, 5) is 40.2. The summed E-state index contributed by atoms with van der Waals surface area (Å²) in [7, 11) is 1.60. The van der Waals surface area contributed by atoms with Crippen LogP contribution < -0.4 is 16.2 Å². The molecule has 0 spiro atoms. The molecule has 1 amide bonds. The van der Waals surface area contributed by atoms with E-state index in [1.54, 1.807) is 48.5 Å². The van der Waals surface area contributed by atoms with Gasteiger partial charge < -0.3 is 14.2 Å². The minimum atomic E-state index is -0.533. The van der Waals surface area contributed by atoms with E-state index in [-0.39, 0.29) is 18.0 Å². The number of nitrogens with zero attached hydrogens (tertiary/aromatic N) is 5. The van der Waals surface area contributed by atoms with Crippen molar-refractivity contribution in [3.8, 4) is 0 Å². The third-order valence-electron chi connectivity index (χ3n) is 4.82. The van der Waals surface area contributed by atoms with Gasteiger partial charge >= 0.3 is 5.76 Å². The summed E-state index contributed by atoms with van der Waals surface area (Å²) in [6.45, 7) is 2.17. The molecule has 0 atom stereocenters. The SMILES string of the molecule is Cn1ncc(N2CCN(C(=O)Cn3c(=O)oc4ccccc43)CC2)cc1=O. The van der Waals surface area contributed by atoms with Crippen LogP contribution in [-0.4, -0.2) is 51.3 Å². The van der Waals surface area contributed by atoms with Gasteiger partial charge in [-0.05, 0) is 12.1 Å². The second-order valence-corrected chi connectivity index (χ2v) is 6.47. The van der Waals surface area contributed by atoms with Crippen molar-refractivity contribution in [3.63, 3.8) is 0 Å². The normalized spacial score (nSPS) is 14.7. The van der Waals surface area contributed by atoms with Crippen LogP contribution >= 0.6 is 0 Å². The number of carbonyl (C=O) groups is 1. The maximum atomic E-state index is 12.6. The van der Waals surface area contributed by atoms with Crippen LogP contribution in [0.2, 0.25) is 0 Å². The Labute approximate surface area is 154 Å². The van der Waals surface area contributed by atoms with Gasteiger partial charge in [-0.1, -0.05) is 12.1 Å². The summed E-state index contributed by atoms with van der Waals surface area (Å²) in [6.07, 6.45) is 1.65. The second kappa shape index (κ2) is 6.75. The number of para-hydroxylation sites is 2. The van der Waals surface area contributed by atoms with Gasteiger partial charge in [-0.2, -0.15) is 5.10 Å². The zero-order valence-electron chi connectivity index (χ0n) is 14.9. The number of amides is 1. The van der Waals surface area contributed by atoms with E-state index in [2.05, 4.69) is 5.10 Å². The van der Waals surface area contributed by atoms with Crippen molar-refractivity contribution in [2.24, 2.45) is 7.05 Å². The fraction of sp³-hybridized carbons (Fsp3) is 0.333. The van der Waals surface area contributed by atoms with Crippen LogP contribution in [0.5, 0.6) is 0 Å². The zero-order chi connectivity index (χ0) is 19.0. The summed E-state index contributed by atoms with van der Waals surface area (Å²) in [5.74, 6) is -0.667. The first-order chi connectivity index (χ1) is 13.0. The van der Waals surface area contributed by atoms with Crippen molar-refractivity contribution >= 4 is 22.7 Å². The Bertz CT molecular complexity index is 1100. The van der Waals surface area contributed by atoms with Crippen LogP contribution in [0.4, 0.5) is 5.69 Å². The van der Waals surface area contributed by atoms with Crippen LogP contribution in [0.1, 0.15) is 0 Å². The lowest BCUT2D eigenvalue weighted by atomic mass is 10.2. The number of benzene rings is 1. The van der Waals surface area contributed by atoms with E-state index in [1.165, 1.54) is 9.25 Å². The molecule has 9 heteroatoms. The van der Waals surface area contributed by atoms with E-state index >= 15 is 0 Å². The molecular formula is C18H19N5O4. The minimum Gasteiger partial charge on any atom is -0.408 e. The van der Waals surface area contributed by atoms with Crippen molar-refractivity contribution in [3.05, 3.63) is 57.4 Å². The average molecular weight is 369 g/mol. The van der Waals surface area contributed by atoms with Gasteiger partial charge in [0.2, 0.25) is 5.91 Å². The molecule has 2 aromatic heterocycles. The van der Waals surface area contributed by atoms with Crippen LogP contribution in [0, 0.1) is 0 Å². The quantitative estimate of drug-likeness (QED) is 0.647. The number of fused-ring (bicyclic) bond motifs is 1. The maximum Gasteiger partial charge on any atom is 0.420 e. The van der Waals surface area contributed by atoms with E-state index in [0.29, 0.717) is 37.3 Å². The highest BCUT2D eigenvalue weighted by Crippen LogP contribution is 2.15. The Hall–Kier alpha value is -3.36. The van der Waals surface area contributed by atoms with E-state index in [9.17, 15) is 14.4 Å². The molecule has 0 saturated carbocycles. The Morgan fingerprint density at radius 3 is 2.63 bits per heavy atom. The lowest BCUT2D eigenvalue weighted by Crippen LogP contribution is -2.50. The maximum absolute atomic E-state index is 12.6. The van der Waals surface area contributed by atoms with Crippen molar-refractivity contribution in [1.82, 2.24) is 19.2 Å². The predicted octanol–water partition coefficient (Wildman–Crippen LogP) is 0.0370. The van der Waals surface area contributed by atoms with Gasteiger partial charge in [-0.25, -0.2) is 9.48 Å². The molecule has 0 radical (unpaired) electrons. The van der Waals surface area contributed by atoms with Crippen molar-refractivity contribution in [2.45, 2.75) is 6.54 Å². The molecule has 3 heterocycles. The zero-order valence-corrected chi connectivity index (χ0v) is 14.9. The topological polar surface area (TPSA) is 93.6 Å². The molecule has 9 nitrogen and oxygen atoms in total. The fourth-order valence-electron chi connectivity index (χ4n) is 3.25. The van der Waals surface area contributed by atoms with Crippen molar-refractivity contribution in [2.75, 3.05) is 31.1 Å². The highest BCUT2D eigenvalue weighted by atomic mass is 16.4. The Morgan fingerprint density at radius 1 is 1.15 bits per heavy atom. The first kappa shape index (κ1) is 17.1. The highest BCUT2D eigenvalue weighted by molar-refractivity contribution is 5.79. The molecular weight excluding hydrogens is 350 g/mol. The van der Waals surface area contributed by atoms with Crippen LogP contribution in [0.15, 0.2) is 50.5 Å². The van der Waals surface area contributed by atoms with Gasteiger partial charge in [0.25, 0.3) is 5.56 Å². The Kier molecular flexibility index (Phi) is 4.27. The molecule has 4 rings (SSSR count). The number of piperazine rings is 1. The molecule has 1 fully saturated rings. The molecule has 0 bridgehead atoms. The standard InChI is InChI=1S/C18H19N5O4/c1-20-16(24)10-13(11-19-20)21-6-8-22(9-7-21)17(25)12-23-14-4-2-3-5-15(14)27-18(23)26/h2-5,10-11H,6-9,12H2,1H3. The lowest BCUT2D eigenvalue weighted by molar-refractivity contribution is -0.132. The predicted molar refractivity (Wildman–Crippen MR) is 98.7 cm³/mol. The summed E-state index contributed by atoms with van der Waals surface area (Å²) in [6, 6.07) is 8.59. The van der Waals surface area contributed by atoms with Gasteiger partial charge in [0, 0.05) is 39.3 Å². The van der Waals surface area contributed by atoms with Crippen LogP contribution in [0.25, 0.3) is 11.1 Å². The van der Waals surface area contributed by atoms with Crippen LogP contribution in [-0.2, 0) is 18.4 Å². The Balaban J connectivity index is 1.44. The lowest BCUT2D eigenvalue weighted by Gasteiger charge is -2.35. The first-order valence-electron chi connectivity index (χ1n) is 8.67. The highest BCUT2D eigenvalue weighted by Gasteiger charge is 2.23. The molecule has 1 aromatic carbocycles. The summed E-state index contributed by atoms with van der Waals surface area (Å²) < 4.78 is 7.80. The number of oxazole rings is 1. The second-order valence-electron chi connectivity index (χ2n) is 6.47. The minimum absolute atomic E-state index is 0.0523. The molecule has 140 valence electrons. The molecule has 1 aliphatic rings. The molecule has 3 aromatic rings. The number of carbonyl (C=O) groups excluding carboxylic acids is 1. The Morgan fingerprint density at radius 2 is 1.89 bits per heavy atom. The number of anilines is 1. The van der Waals surface area contributed by atoms with Gasteiger partial charge in [0.15, 0.2) is 5.58 Å². The summed E-state index contributed by atoms with van der Waals surface area (Å²) in [5, 5.41) is 4.03. The smallest absolute Gasteiger partial charge is 0.408 e. The molecule has 0 N–H and O–H groups in total. The van der Waals surface area contributed by atoms with Gasteiger partial charge in [0.05, 0.1) is 17.4 Å². The van der Waals surface area contributed by atoms with E-state index in [4.69, 9.17) is 4.42 Å². The molecule has 0 aliphatic carbocycles. The third-order valence-corrected chi connectivity index (χ3v) is 4.82. The molecule has 27 heavy (non-hydrogen) atoms. The van der Waals surface area contributed by atoms with Gasteiger partial charge in [-0.15, -0.1) is 0 Å². The van der Waals surface area contributed by atoms with Crippen LogP contribution in [0.3, 0.4) is 0 Å². The molecule has 0 unspecified atom stereocenters. The van der Waals surface area contributed by atoms with Crippen molar-refractivity contribution < 1.29 is 9.21 Å². The van der Waals surface area contributed by atoms with Gasteiger partial charge in [0.1, 0.15) is 6.54 Å². The number of aryl methyl sites for hydroxylation is 1. The van der Waals surface area contributed by atoms with Gasteiger partial charge in [-0.3, -0.25) is 14.2 Å². The average Bonchev–Trinajstić information content (AvgIpc) is 2.99. The number of aromatic nitrogens is 3. The first-order valence-corrected chi connectivity index (χ1v) is 8.67. The summed E-state index contributed by atoms with van der Waals surface area (Å²) >= 11 is 0. The third kappa shape index (κ3) is 3.23. The molecule has 1 saturated heterocycles. The van der Waals surface area contributed by atoms with E-state index < -0.39 is 5.76 Å². The number of hydrogen-bond donors (Lipinski definition) is 0. The molecule has 1 aliphatic heterocycles. The van der Waals surface area contributed by atoms with Crippen molar-refractivity contribution in [1.29, 1.82) is 0 Å². The van der Waals surface area contributed by atoms with E-state index in [1.807, 2.05) is 4.90 Å². The summed E-state index contributed by atoms with van der Waals surface area (Å²) in [5.41, 5.74) is 1.67. The van der Waals surface area contributed by atoms with E-state index in [0.717, 1.165) is 5.69 Å². The monoisotopic (exact) mass is 369 g/mol. The number of rotatable bonds is 3. The fourth-order valence-corrected chi connectivity index (χ4v) is 3.25.